The van der Waals surface area contributed by atoms with Crippen LogP contribution in [0, 0.1) is 5.92 Å². The molecule has 0 aliphatic carbocycles. The maximum absolute atomic E-state index is 9.89. The van der Waals surface area contributed by atoms with E-state index in [9.17, 15) is 10.2 Å². The zero-order valence-corrected chi connectivity index (χ0v) is 12.0. The Bertz CT molecular complexity index is 388. The van der Waals surface area contributed by atoms with Crippen LogP contribution in [0.15, 0.2) is 18.2 Å². The van der Waals surface area contributed by atoms with Crippen LogP contribution in [0.4, 0.5) is 5.69 Å². The Hall–Kier alpha value is -1.22. The van der Waals surface area contributed by atoms with Crippen molar-refractivity contribution < 1.29 is 10.2 Å². The van der Waals surface area contributed by atoms with Gasteiger partial charge in [0.25, 0.3) is 0 Å². The molecular weight excluding hydrogens is 226 g/mol. The van der Waals surface area contributed by atoms with Crippen molar-refractivity contribution >= 4 is 5.69 Å². The molecule has 1 aromatic carbocycles. The normalized spacial score (nSPS) is 14.6. The standard InChI is InChI=1S/C15H25NO2/c1-10(2)8-11(3)16(5)13-6-7-14(12(4)17)15(18)9-13/h6-7,9-12,17-18H,8H2,1-5H3. The second-order valence-electron chi connectivity index (χ2n) is 5.51. The third-order valence-corrected chi connectivity index (χ3v) is 3.35. The molecule has 102 valence electrons. The van der Waals surface area contributed by atoms with Crippen LogP contribution in [0.5, 0.6) is 5.75 Å². The van der Waals surface area contributed by atoms with Crippen molar-refractivity contribution in [3.05, 3.63) is 23.8 Å². The van der Waals surface area contributed by atoms with E-state index < -0.39 is 6.10 Å². The SMILES string of the molecule is CC(C)CC(C)N(C)c1ccc(C(C)O)c(O)c1. The van der Waals surface area contributed by atoms with Gasteiger partial charge in [0.1, 0.15) is 5.75 Å². The van der Waals surface area contributed by atoms with Gasteiger partial charge in [0.05, 0.1) is 6.10 Å². The lowest BCUT2D eigenvalue weighted by Crippen LogP contribution is -2.29. The number of aliphatic hydroxyl groups excluding tert-OH is 1. The van der Waals surface area contributed by atoms with E-state index in [0.29, 0.717) is 17.5 Å². The van der Waals surface area contributed by atoms with Crippen molar-refractivity contribution in [2.75, 3.05) is 11.9 Å². The summed E-state index contributed by atoms with van der Waals surface area (Å²) in [5, 5.41) is 19.4. The first kappa shape index (κ1) is 14.8. The van der Waals surface area contributed by atoms with Crippen molar-refractivity contribution in [1.82, 2.24) is 0 Å². The molecule has 0 bridgehead atoms. The highest BCUT2D eigenvalue weighted by molar-refractivity contribution is 5.53. The molecule has 0 heterocycles. The number of phenols is 1. The summed E-state index contributed by atoms with van der Waals surface area (Å²) >= 11 is 0. The first-order valence-corrected chi connectivity index (χ1v) is 6.56. The Morgan fingerprint density at radius 1 is 1.17 bits per heavy atom. The Morgan fingerprint density at radius 3 is 2.22 bits per heavy atom. The van der Waals surface area contributed by atoms with Crippen LogP contribution in [0.2, 0.25) is 0 Å². The summed E-state index contributed by atoms with van der Waals surface area (Å²) in [6, 6.07) is 5.87. The molecule has 0 aliphatic rings. The molecule has 0 aromatic heterocycles. The smallest absolute Gasteiger partial charge is 0.123 e. The molecule has 0 radical (unpaired) electrons. The Balaban J connectivity index is 2.87. The molecule has 0 saturated heterocycles. The van der Waals surface area contributed by atoms with Gasteiger partial charge in [0.15, 0.2) is 0 Å². The number of aliphatic hydroxyl groups is 1. The van der Waals surface area contributed by atoms with Crippen molar-refractivity contribution in [3.63, 3.8) is 0 Å². The molecule has 0 fully saturated rings. The van der Waals surface area contributed by atoms with Crippen molar-refractivity contribution in [2.45, 2.75) is 46.3 Å². The van der Waals surface area contributed by atoms with Crippen LogP contribution >= 0.6 is 0 Å². The summed E-state index contributed by atoms with van der Waals surface area (Å²) < 4.78 is 0. The van der Waals surface area contributed by atoms with E-state index in [-0.39, 0.29) is 5.75 Å². The fraction of sp³-hybridized carbons (Fsp3) is 0.600. The van der Waals surface area contributed by atoms with E-state index in [4.69, 9.17) is 0 Å². The predicted octanol–water partition coefficient (Wildman–Crippen LogP) is 3.32. The van der Waals surface area contributed by atoms with E-state index in [1.54, 1.807) is 19.1 Å². The number of phenolic OH excluding ortho intramolecular Hbond substituents is 1. The topological polar surface area (TPSA) is 43.7 Å². The minimum absolute atomic E-state index is 0.158. The summed E-state index contributed by atoms with van der Waals surface area (Å²) in [6.07, 6.45) is 0.465. The second-order valence-corrected chi connectivity index (χ2v) is 5.51. The minimum atomic E-state index is -0.641. The third kappa shape index (κ3) is 3.64. The summed E-state index contributed by atoms with van der Waals surface area (Å²) in [5.74, 6) is 0.805. The fourth-order valence-electron chi connectivity index (χ4n) is 2.20. The van der Waals surface area contributed by atoms with Crippen LogP contribution in [0.1, 0.15) is 45.8 Å². The summed E-state index contributed by atoms with van der Waals surface area (Å²) in [4.78, 5) is 2.16. The molecule has 2 unspecified atom stereocenters. The number of aromatic hydroxyl groups is 1. The average Bonchev–Trinajstić information content (AvgIpc) is 2.26. The van der Waals surface area contributed by atoms with Gasteiger partial charge < -0.3 is 15.1 Å². The average molecular weight is 251 g/mol. The quantitative estimate of drug-likeness (QED) is 0.843. The zero-order chi connectivity index (χ0) is 13.9. The summed E-state index contributed by atoms with van der Waals surface area (Å²) in [6.45, 7) is 8.25. The molecule has 3 nitrogen and oxygen atoms in total. The van der Waals surface area contributed by atoms with E-state index >= 15 is 0 Å². The highest BCUT2D eigenvalue weighted by Gasteiger charge is 2.14. The molecule has 2 N–H and O–H groups in total. The first-order chi connectivity index (χ1) is 8.32. The van der Waals surface area contributed by atoms with Crippen LogP contribution < -0.4 is 4.90 Å². The molecule has 18 heavy (non-hydrogen) atoms. The lowest BCUT2D eigenvalue weighted by molar-refractivity contribution is 0.195. The Morgan fingerprint density at radius 2 is 1.78 bits per heavy atom. The number of hydrogen-bond acceptors (Lipinski definition) is 3. The van der Waals surface area contributed by atoms with Crippen LogP contribution in [0.3, 0.4) is 0 Å². The Kier molecular flexibility index (Phi) is 5.03. The van der Waals surface area contributed by atoms with Gasteiger partial charge in [-0.05, 0) is 32.3 Å². The number of hydrogen-bond donors (Lipinski definition) is 2. The summed E-state index contributed by atoms with van der Waals surface area (Å²) in [5.41, 5.74) is 1.55. The minimum Gasteiger partial charge on any atom is -0.507 e. The van der Waals surface area contributed by atoms with E-state index in [0.717, 1.165) is 12.1 Å². The fourth-order valence-corrected chi connectivity index (χ4v) is 2.20. The van der Waals surface area contributed by atoms with Gasteiger partial charge in [-0.15, -0.1) is 0 Å². The first-order valence-electron chi connectivity index (χ1n) is 6.56. The predicted molar refractivity (Wildman–Crippen MR) is 76.1 cm³/mol. The van der Waals surface area contributed by atoms with Gasteiger partial charge in [0, 0.05) is 30.4 Å². The number of rotatable bonds is 5. The molecule has 1 rings (SSSR count). The van der Waals surface area contributed by atoms with Crippen LogP contribution in [0.25, 0.3) is 0 Å². The van der Waals surface area contributed by atoms with Crippen molar-refractivity contribution in [1.29, 1.82) is 0 Å². The van der Waals surface area contributed by atoms with Gasteiger partial charge in [-0.25, -0.2) is 0 Å². The molecule has 0 amide bonds. The highest BCUT2D eigenvalue weighted by Crippen LogP contribution is 2.29. The molecule has 0 aliphatic heterocycles. The third-order valence-electron chi connectivity index (χ3n) is 3.35. The second kappa shape index (κ2) is 6.10. The molecule has 0 spiro atoms. The van der Waals surface area contributed by atoms with E-state index in [1.165, 1.54) is 0 Å². The maximum atomic E-state index is 9.89. The van der Waals surface area contributed by atoms with Gasteiger partial charge in [-0.2, -0.15) is 0 Å². The lowest BCUT2D eigenvalue weighted by Gasteiger charge is -2.28. The highest BCUT2D eigenvalue weighted by atomic mass is 16.3. The molecule has 1 aromatic rings. The number of anilines is 1. The molecule has 2 atom stereocenters. The molecular formula is C15H25NO2. The Labute approximate surface area is 110 Å². The molecule has 0 saturated carbocycles. The van der Waals surface area contributed by atoms with E-state index in [2.05, 4.69) is 25.7 Å². The number of nitrogens with zero attached hydrogens (tertiary/aromatic N) is 1. The monoisotopic (exact) mass is 251 g/mol. The van der Waals surface area contributed by atoms with Gasteiger partial charge >= 0.3 is 0 Å². The van der Waals surface area contributed by atoms with Crippen molar-refractivity contribution in [2.24, 2.45) is 5.92 Å². The van der Waals surface area contributed by atoms with Gasteiger partial charge in [-0.3, -0.25) is 0 Å². The van der Waals surface area contributed by atoms with E-state index in [1.807, 2.05) is 13.1 Å². The van der Waals surface area contributed by atoms with Crippen LogP contribution in [-0.4, -0.2) is 23.3 Å². The van der Waals surface area contributed by atoms with Gasteiger partial charge in [-0.1, -0.05) is 19.9 Å². The number of benzene rings is 1. The van der Waals surface area contributed by atoms with Gasteiger partial charge in [0.2, 0.25) is 0 Å². The molecule has 3 heteroatoms. The van der Waals surface area contributed by atoms with Crippen LogP contribution in [-0.2, 0) is 0 Å². The van der Waals surface area contributed by atoms with Crippen molar-refractivity contribution in [3.8, 4) is 5.75 Å². The summed E-state index contributed by atoms with van der Waals surface area (Å²) in [7, 11) is 2.03. The largest absolute Gasteiger partial charge is 0.507 e. The maximum Gasteiger partial charge on any atom is 0.123 e. The lowest BCUT2D eigenvalue weighted by atomic mass is 10.0. The zero-order valence-electron chi connectivity index (χ0n) is 12.0.